The Hall–Kier alpha value is -7.91. The van der Waals surface area contributed by atoms with E-state index < -0.39 is 6.85 Å². The quantitative estimate of drug-likeness (QED) is 0.147. The largest absolute Gasteiger partial charge is 0.507 e. The van der Waals surface area contributed by atoms with Crippen molar-refractivity contribution in [2.45, 2.75) is 20.7 Å². The van der Waals surface area contributed by atoms with Gasteiger partial charge in [0.15, 0.2) is 0 Å². The number of hydrogen-bond acceptors (Lipinski definition) is 3. The SMILES string of the molecule is [2H]C([2H])([2H])c1cc(-c2ccccc2)c(-n2c(-c3cc(C)cc(C)c3O)nc3c(-c4[c-]c(-c5cc(-c6ccc(-c7ccccc7)cc6)ccn5)cc(-c5ccccc5)c4)cccc32)cc1-c1ccccc1.[Pt]. The molecule has 0 saturated carbocycles. The number of rotatable bonds is 9. The summed E-state index contributed by atoms with van der Waals surface area (Å²) in [5.41, 5.74) is 17.3. The molecule has 11 aromatic rings. The van der Waals surface area contributed by atoms with Crippen molar-refractivity contribution in [1.29, 1.82) is 0 Å². The van der Waals surface area contributed by atoms with Gasteiger partial charge in [0.2, 0.25) is 0 Å². The second-order valence-electron chi connectivity index (χ2n) is 17.0. The van der Waals surface area contributed by atoms with Gasteiger partial charge < -0.3 is 5.11 Å². The monoisotopic (exact) mass is 1060 g/mol. The Morgan fingerprint density at radius 3 is 1.69 bits per heavy atom. The van der Waals surface area contributed by atoms with Gasteiger partial charge in [0.1, 0.15) is 11.6 Å². The molecule has 0 atom stereocenters. The summed E-state index contributed by atoms with van der Waals surface area (Å²) >= 11 is 0. The predicted molar refractivity (Wildman–Crippen MR) is 277 cm³/mol. The fourth-order valence-corrected chi connectivity index (χ4v) is 9.24. The average molecular weight is 1060 g/mol. The molecule has 0 aliphatic carbocycles. The number of pyridine rings is 1. The van der Waals surface area contributed by atoms with E-state index in [4.69, 9.17) is 14.1 Å². The van der Waals surface area contributed by atoms with Crippen molar-refractivity contribution in [1.82, 2.24) is 14.5 Å². The van der Waals surface area contributed by atoms with Crippen LogP contribution in [-0.2, 0) is 21.1 Å². The van der Waals surface area contributed by atoms with E-state index in [-0.39, 0.29) is 32.4 Å². The molecule has 4 nitrogen and oxygen atoms in total. The Morgan fingerprint density at radius 1 is 0.471 bits per heavy atom. The minimum absolute atomic E-state index is 0. The first-order valence-electron chi connectivity index (χ1n) is 23.9. The number of imidazole rings is 1. The molecule has 1 N–H and O–H groups in total. The summed E-state index contributed by atoms with van der Waals surface area (Å²) in [4.78, 5) is 10.5. The maximum Gasteiger partial charge on any atom is 0.148 e. The molecule has 330 valence electrons. The van der Waals surface area contributed by atoms with Crippen molar-refractivity contribution in [2.75, 3.05) is 0 Å². The van der Waals surface area contributed by atoms with E-state index in [0.717, 1.165) is 78.0 Å². The summed E-state index contributed by atoms with van der Waals surface area (Å²) in [6.45, 7) is 1.48. The van der Waals surface area contributed by atoms with Gasteiger partial charge >= 0.3 is 0 Å². The van der Waals surface area contributed by atoms with Crippen molar-refractivity contribution >= 4 is 11.0 Å². The maximum atomic E-state index is 12.0. The number of nitrogens with zero attached hydrogens (tertiary/aromatic N) is 3. The molecule has 0 spiro atoms. The van der Waals surface area contributed by atoms with Crippen molar-refractivity contribution in [2.24, 2.45) is 0 Å². The van der Waals surface area contributed by atoms with Crippen LogP contribution >= 0.6 is 0 Å². The van der Waals surface area contributed by atoms with Crippen LogP contribution in [0.4, 0.5) is 0 Å². The number of aromatic nitrogens is 3. The van der Waals surface area contributed by atoms with Gasteiger partial charge in [-0.2, -0.15) is 0 Å². The molecule has 0 unspecified atom stereocenters. The van der Waals surface area contributed by atoms with Crippen LogP contribution in [0.1, 0.15) is 20.8 Å². The Kier molecular flexibility index (Phi) is 11.1. The van der Waals surface area contributed by atoms with Gasteiger partial charge in [0.25, 0.3) is 0 Å². The average Bonchev–Trinajstić information content (AvgIpc) is 3.79. The number of hydrogen-bond donors (Lipinski definition) is 1. The van der Waals surface area contributed by atoms with Gasteiger partial charge in [0.05, 0.1) is 22.3 Å². The maximum absolute atomic E-state index is 12.0. The van der Waals surface area contributed by atoms with Gasteiger partial charge in [-0.1, -0.05) is 187 Å². The third-order valence-corrected chi connectivity index (χ3v) is 12.5. The Balaban J connectivity index is 0.00000582. The molecule has 0 bridgehead atoms. The summed E-state index contributed by atoms with van der Waals surface area (Å²) in [6, 6.07) is 74.9. The first-order valence-corrected chi connectivity index (χ1v) is 22.4. The molecule has 0 amide bonds. The zero-order chi connectivity index (χ0) is 47.9. The van der Waals surface area contributed by atoms with Crippen molar-refractivity contribution in [3.63, 3.8) is 0 Å². The second-order valence-corrected chi connectivity index (χ2v) is 17.0. The van der Waals surface area contributed by atoms with Crippen LogP contribution in [-0.4, -0.2) is 19.6 Å². The standard InChI is InChI=1S/C63H46N3O.Pt/c1-41-33-43(3)62(67)57(34-41)63-65-61-54(25-16-26-59(61)66(63)60-40-55(48-21-12-6-13-22-48)42(2)35-56(60)49-23-14-7-15-24-49)52-36-51(45-19-10-5-11-20-45)37-53(38-52)58-39-50(31-32-64-58)47-29-27-46(28-30-47)44-17-8-4-9-18-44;/h4-37,39-40,67H,1-3H3;/q-1;/i2D3;. The van der Waals surface area contributed by atoms with Crippen LogP contribution in [0.15, 0.2) is 219 Å². The molecule has 68 heavy (non-hydrogen) atoms. The number of phenols is 1. The first kappa shape index (κ1) is 40.4. The number of para-hydroxylation sites is 1. The molecule has 2 aromatic heterocycles. The van der Waals surface area contributed by atoms with E-state index >= 15 is 0 Å². The summed E-state index contributed by atoms with van der Waals surface area (Å²) in [5.74, 6) is 0.629. The molecule has 9 aromatic carbocycles. The second kappa shape index (κ2) is 18.8. The van der Waals surface area contributed by atoms with E-state index in [1.807, 2.05) is 147 Å². The smallest absolute Gasteiger partial charge is 0.148 e. The third kappa shape index (κ3) is 8.40. The summed E-state index contributed by atoms with van der Waals surface area (Å²) < 4.78 is 28.5. The first-order chi connectivity index (χ1) is 34.1. The molecular formula is C63H46N3OPt-. The van der Waals surface area contributed by atoms with Gasteiger partial charge in [-0.25, -0.2) is 4.98 Å². The van der Waals surface area contributed by atoms with Crippen LogP contribution in [0.25, 0.3) is 106 Å². The molecule has 0 fully saturated rings. The zero-order valence-corrected chi connectivity index (χ0v) is 39.7. The molecule has 0 saturated heterocycles. The molecule has 11 rings (SSSR count). The predicted octanol–water partition coefficient (Wildman–Crippen LogP) is 16.2. The third-order valence-electron chi connectivity index (χ3n) is 12.5. The molecule has 0 radical (unpaired) electrons. The molecular weight excluding hydrogens is 1010 g/mol. The minimum atomic E-state index is -2.43. The summed E-state index contributed by atoms with van der Waals surface area (Å²) in [7, 11) is 0. The number of fused-ring (bicyclic) bond motifs is 1. The normalized spacial score (nSPS) is 11.9. The Bertz CT molecular complexity index is 3710. The van der Waals surface area contributed by atoms with Gasteiger partial charge in [-0.05, 0) is 112 Å². The number of aryl methyl sites for hydroxylation is 3. The summed E-state index contributed by atoms with van der Waals surface area (Å²) in [5, 5.41) is 12.0. The van der Waals surface area contributed by atoms with E-state index in [1.54, 1.807) is 0 Å². The van der Waals surface area contributed by atoms with Crippen molar-refractivity contribution in [3.05, 3.63) is 241 Å². The topological polar surface area (TPSA) is 50.9 Å². The van der Waals surface area contributed by atoms with Gasteiger partial charge in [-0.15, -0.1) is 23.8 Å². The number of phenolic OH excluding ortho intramolecular Hbond substituents is 1. The van der Waals surface area contributed by atoms with Gasteiger partial charge in [-0.3, -0.25) is 9.55 Å². The molecule has 2 heterocycles. The van der Waals surface area contributed by atoms with E-state index in [0.29, 0.717) is 33.7 Å². The van der Waals surface area contributed by atoms with Gasteiger partial charge in [0, 0.05) is 42.6 Å². The Labute approximate surface area is 416 Å². The fraction of sp³-hybridized carbons (Fsp3) is 0.0476. The van der Waals surface area contributed by atoms with Crippen LogP contribution in [0.3, 0.4) is 0 Å². The fourth-order valence-electron chi connectivity index (χ4n) is 9.24. The van der Waals surface area contributed by atoms with E-state index in [9.17, 15) is 5.11 Å². The minimum Gasteiger partial charge on any atom is -0.507 e. The van der Waals surface area contributed by atoms with E-state index in [1.165, 1.54) is 5.56 Å². The van der Waals surface area contributed by atoms with Crippen LogP contribution in [0.5, 0.6) is 5.75 Å². The van der Waals surface area contributed by atoms with Crippen LogP contribution in [0, 0.1) is 26.8 Å². The molecule has 0 aliphatic heterocycles. The molecule has 0 aliphatic rings. The zero-order valence-electron chi connectivity index (χ0n) is 40.4. The van der Waals surface area contributed by atoms with Crippen LogP contribution < -0.4 is 0 Å². The van der Waals surface area contributed by atoms with E-state index in [2.05, 4.69) is 95.6 Å². The summed E-state index contributed by atoms with van der Waals surface area (Å²) in [6.07, 6.45) is 1.86. The van der Waals surface area contributed by atoms with Crippen molar-refractivity contribution < 1.29 is 30.3 Å². The molecule has 5 heteroatoms. The van der Waals surface area contributed by atoms with Crippen LogP contribution in [0.2, 0.25) is 0 Å². The number of aromatic hydroxyl groups is 1. The number of benzene rings is 9. The van der Waals surface area contributed by atoms with Crippen molar-refractivity contribution in [3.8, 4) is 101 Å². The Morgan fingerprint density at radius 2 is 1.04 bits per heavy atom.